The molecule has 4 atom stereocenters. The summed E-state index contributed by atoms with van der Waals surface area (Å²) >= 11 is 0. The molecule has 0 radical (unpaired) electrons. The molecule has 1 aliphatic rings. The van der Waals surface area contributed by atoms with Crippen molar-refractivity contribution in [3.63, 3.8) is 0 Å². The highest BCUT2D eigenvalue weighted by Gasteiger charge is 2.59. The van der Waals surface area contributed by atoms with Gasteiger partial charge in [-0.05, 0) is 23.6 Å². The van der Waals surface area contributed by atoms with Gasteiger partial charge in [-0.3, -0.25) is 4.57 Å². The van der Waals surface area contributed by atoms with E-state index < -0.39 is 29.3 Å². The van der Waals surface area contributed by atoms with E-state index in [1.165, 1.54) is 19.2 Å². The number of nitrogens with zero attached hydrogens (tertiary/aromatic N) is 5. The van der Waals surface area contributed by atoms with Crippen molar-refractivity contribution in [1.82, 2.24) is 9.55 Å². The molecule has 108 valence electrons. The molecule has 1 aromatic rings. The van der Waals surface area contributed by atoms with E-state index in [1.807, 2.05) is 0 Å². The van der Waals surface area contributed by atoms with E-state index >= 15 is 0 Å². The van der Waals surface area contributed by atoms with Crippen LogP contribution in [0, 0.1) is 5.92 Å². The largest absolute Gasteiger partial charge is 0.387 e. The van der Waals surface area contributed by atoms with Crippen molar-refractivity contribution in [2.75, 3.05) is 5.73 Å². The fourth-order valence-corrected chi connectivity index (χ4v) is 2.24. The SMILES string of the molecule is C[C@H]1[C@H](O)[C@](O)(N=[N+]=[N-])O[C@@]1(C)n1ccc(N)nc1=O. The number of nitrogen functional groups attached to an aromatic ring is 1. The molecule has 1 saturated heterocycles. The molecule has 0 amide bonds. The van der Waals surface area contributed by atoms with Gasteiger partial charge >= 0.3 is 5.69 Å². The summed E-state index contributed by atoms with van der Waals surface area (Å²) in [5, 5.41) is 23.1. The third-order valence-electron chi connectivity index (χ3n) is 3.55. The fraction of sp³-hybridized carbons (Fsp3) is 0.600. The second kappa shape index (κ2) is 4.46. The summed E-state index contributed by atoms with van der Waals surface area (Å²) in [6.45, 7) is 3.00. The number of ether oxygens (including phenoxy) is 1. The molecule has 0 aliphatic carbocycles. The molecule has 0 spiro atoms. The summed E-state index contributed by atoms with van der Waals surface area (Å²) in [4.78, 5) is 17.9. The first kappa shape index (κ1) is 14.3. The number of aliphatic hydroxyl groups is 2. The van der Waals surface area contributed by atoms with Crippen LogP contribution in [0.1, 0.15) is 13.8 Å². The van der Waals surface area contributed by atoms with Crippen molar-refractivity contribution in [2.45, 2.75) is 31.6 Å². The minimum absolute atomic E-state index is 0.0337. The molecule has 2 rings (SSSR count). The van der Waals surface area contributed by atoms with Crippen LogP contribution in [0.5, 0.6) is 0 Å². The van der Waals surface area contributed by atoms with E-state index in [0.29, 0.717) is 0 Å². The zero-order chi connectivity index (χ0) is 15.1. The molecule has 0 aromatic carbocycles. The van der Waals surface area contributed by atoms with Crippen molar-refractivity contribution >= 4 is 5.82 Å². The second-order valence-electron chi connectivity index (χ2n) is 4.74. The highest BCUT2D eigenvalue weighted by atomic mass is 16.7. The van der Waals surface area contributed by atoms with Crippen LogP contribution < -0.4 is 11.4 Å². The molecule has 1 fully saturated rings. The van der Waals surface area contributed by atoms with Gasteiger partial charge < -0.3 is 20.7 Å². The Morgan fingerprint density at radius 3 is 2.90 bits per heavy atom. The van der Waals surface area contributed by atoms with Gasteiger partial charge in [-0.1, -0.05) is 6.92 Å². The quantitative estimate of drug-likeness (QED) is 0.376. The van der Waals surface area contributed by atoms with Gasteiger partial charge in [-0.25, -0.2) is 4.79 Å². The van der Waals surface area contributed by atoms with Gasteiger partial charge in [0.1, 0.15) is 11.9 Å². The number of aliphatic hydroxyl groups excluding tert-OH is 1. The van der Waals surface area contributed by atoms with E-state index in [1.54, 1.807) is 6.92 Å². The van der Waals surface area contributed by atoms with Crippen molar-refractivity contribution < 1.29 is 14.9 Å². The number of anilines is 1. The van der Waals surface area contributed by atoms with Gasteiger partial charge in [0.05, 0.1) is 0 Å². The summed E-state index contributed by atoms with van der Waals surface area (Å²) in [7, 11) is 0. The monoisotopic (exact) mass is 282 g/mol. The van der Waals surface area contributed by atoms with Gasteiger partial charge in [0, 0.05) is 17.0 Å². The number of aromatic nitrogens is 2. The van der Waals surface area contributed by atoms with E-state index in [9.17, 15) is 15.0 Å². The summed E-state index contributed by atoms with van der Waals surface area (Å²) < 4.78 is 6.35. The van der Waals surface area contributed by atoms with E-state index in [-0.39, 0.29) is 5.82 Å². The minimum Gasteiger partial charge on any atom is -0.387 e. The van der Waals surface area contributed by atoms with Crippen molar-refractivity contribution in [3.8, 4) is 0 Å². The maximum atomic E-state index is 11.9. The Labute approximate surface area is 113 Å². The van der Waals surface area contributed by atoms with Gasteiger partial charge in [0.2, 0.25) is 0 Å². The van der Waals surface area contributed by atoms with Crippen LogP contribution in [0.3, 0.4) is 0 Å². The molecule has 2 heterocycles. The van der Waals surface area contributed by atoms with Crippen LogP contribution in [-0.2, 0) is 10.5 Å². The Bertz CT molecular complexity index is 641. The van der Waals surface area contributed by atoms with Crippen molar-refractivity contribution in [3.05, 3.63) is 33.2 Å². The second-order valence-corrected chi connectivity index (χ2v) is 4.74. The van der Waals surface area contributed by atoms with Crippen molar-refractivity contribution in [2.24, 2.45) is 11.0 Å². The number of hydrogen-bond donors (Lipinski definition) is 3. The Balaban J connectivity index is 2.55. The van der Waals surface area contributed by atoms with E-state index in [0.717, 1.165) is 4.57 Å². The molecule has 0 unspecified atom stereocenters. The van der Waals surface area contributed by atoms with Crippen LogP contribution in [0.4, 0.5) is 5.82 Å². The molecule has 0 bridgehead atoms. The first-order chi connectivity index (χ1) is 9.24. The summed E-state index contributed by atoms with van der Waals surface area (Å²) in [5.74, 6) is -3.17. The molecule has 1 aromatic heterocycles. The molecule has 1 aliphatic heterocycles. The predicted molar refractivity (Wildman–Crippen MR) is 66.9 cm³/mol. The molecule has 20 heavy (non-hydrogen) atoms. The Morgan fingerprint density at radius 2 is 2.35 bits per heavy atom. The number of hydrogen-bond acceptors (Lipinski definition) is 7. The highest BCUT2D eigenvalue weighted by molar-refractivity contribution is 5.24. The van der Waals surface area contributed by atoms with Crippen LogP contribution >= 0.6 is 0 Å². The molecular weight excluding hydrogens is 268 g/mol. The Morgan fingerprint density at radius 1 is 1.70 bits per heavy atom. The van der Waals surface area contributed by atoms with Crippen LogP contribution in [0.25, 0.3) is 10.4 Å². The number of rotatable bonds is 2. The van der Waals surface area contributed by atoms with E-state index in [4.69, 9.17) is 16.0 Å². The lowest BCUT2D eigenvalue weighted by atomic mass is 9.95. The Kier molecular flexibility index (Phi) is 3.18. The summed E-state index contributed by atoms with van der Waals surface area (Å²) in [6, 6.07) is 1.38. The summed E-state index contributed by atoms with van der Waals surface area (Å²) in [5.41, 5.74) is 11.7. The maximum Gasteiger partial charge on any atom is 0.351 e. The number of azide groups is 1. The zero-order valence-corrected chi connectivity index (χ0v) is 10.8. The minimum atomic E-state index is -2.45. The van der Waals surface area contributed by atoms with Crippen LogP contribution in [0.15, 0.2) is 22.2 Å². The zero-order valence-electron chi connectivity index (χ0n) is 10.8. The van der Waals surface area contributed by atoms with Gasteiger partial charge in [-0.15, -0.1) is 0 Å². The lowest BCUT2D eigenvalue weighted by Crippen LogP contribution is -2.44. The van der Waals surface area contributed by atoms with Gasteiger partial charge in [0.15, 0.2) is 5.72 Å². The first-order valence-corrected chi connectivity index (χ1v) is 5.77. The molecule has 10 heteroatoms. The maximum absolute atomic E-state index is 11.9. The predicted octanol–water partition coefficient (Wildman–Crippen LogP) is -0.518. The normalized spacial score (nSPS) is 36.6. The molecular formula is C10H14N6O4. The lowest BCUT2D eigenvalue weighted by molar-refractivity contribution is -0.261. The standard InChI is InChI=1S/C10H14N6O4/c1-5-7(17)10(19,14-15-12)20-9(5,2)16-4-3-6(11)13-8(16)18/h3-5,7,17,19H,1-2H3,(H2,11,13,18)/t5-,7-,9+,10+/m0/s1. The van der Waals surface area contributed by atoms with Gasteiger partial charge in [-0.2, -0.15) is 4.98 Å². The highest BCUT2D eigenvalue weighted by Crippen LogP contribution is 2.44. The van der Waals surface area contributed by atoms with Crippen LogP contribution in [0.2, 0.25) is 0 Å². The van der Waals surface area contributed by atoms with Crippen LogP contribution in [-0.4, -0.2) is 31.8 Å². The summed E-state index contributed by atoms with van der Waals surface area (Å²) in [6.07, 6.45) is -0.178. The molecule has 10 nitrogen and oxygen atoms in total. The van der Waals surface area contributed by atoms with Gasteiger partial charge in [0.25, 0.3) is 5.91 Å². The topological polar surface area (TPSA) is 159 Å². The third-order valence-corrected chi connectivity index (χ3v) is 3.55. The number of nitrogens with two attached hydrogens (primary N) is 1. The Hall–Kier alpha value is -2.13. The average molecular weight is 282 g/mol. The lowest BCUT2D eigenvalue weighted by Gasteiger charge is -2.30. The van der Waals surface area contributed by atoms with E-state index in [2.05, 4.69) is 15.0 Å². The average Bonchev–Trinajstić information content (AvgIpc) is 2.52. The van der Waals surface area contributed by atoms with Crippen molar-refractivity contribution in [1.29, 1.82) is 0 Å². The smallest absolute Gasteiger partial charge is 0.351 e. The first-order valence-electron chi connectivity index (χ1n) is 5.77. The fourth-order valence-electron chi connectivity index (χ4n) is 2.24. The molecule has 0 saturated carbocycles. The third kappa shape index (κ3) is 1.91. The molecule has 4 N–H and O–H groups in total.